The summed E-state index contributed by atoms with van der Waals surface area (Å²) in [5, 5.41) is 2.72. The number of nitrogens with one attached hydrogen (secondary N) is 1. The van der Waals surface area contributed by atoms with E-state index < -0.39 is 5.97 Å². The second kappa shape index (κ2) is 9.50. The summed E-state index contributed by atoms with van der Waals surface area (Å²) in [4.78, 5) is 23.1. The molecule has 0 aliphatic carbocycles. The highest BCUT2D eigenvalue weighted by Crippen LogP contribution is 2.27. The van der Waals surface area contributed by atoms with Crippen LogP contribution in [0.25, 0.3) is 6.08 Å². The van der Waals surface area contributed by atoms with Crippen molar-refractivity contribution in [1.82, 2.24) is 5.32 Å². The van der Waals surface area contributed by atoms with E-state index in [4.69, 9.17) is 14.2 Å². The quantitative estimate of drug-likeness (QED) is 0.587. The summed E-state index contributed by atoms with van der Waals surface area (Å²) in [6.45, 7) is 3.55. The smallest absolute Gasteiger partial charge is 0.331 e. The Morgan fingerprint density at radius 1 is 1.22 bits per heavy atom. The minimum Gasteiger partial charge on any atom is -0.493 e. The molecule has 1 amide bonds. The lowest BCUT2D eigenvalue weighted by Gasteiger charge is -2.10. The molecule has 23 heavy (non-hydrogen) atoms. The molecule has 0 aliphatic heterocycles. The van der Waals surface area contributed by atoms with Crippen molar-refractivity contribution in [3.8, 4) is 11.5 Å². The van der Waals surface area contributed by atoms with Gasteiger partial charge in [-0.25, -0.2) is 4.79 Å². The van der Waals surface area contributed by atoms with Crippen LogP contribution >= 0.6 is 0 Å². The second-order valence-corrected chi connectivity index (χ2v) is 4.93. The van der Waals surface area contributed by atoms with Crippen LogP contribution in [0.5, 0.6) is 11.5 Å². The maximum atomic E-state index is 11.6. The van der Waals surface area contributed by atoms with Crippen LogP contribution in [0.4, 0.5) is 0 Å². The van der Waals surface area contributed by atoms with E-state index in [0.717, 1.165) is 12.0 Å². The van der Waals surface area contributed by atoms with Gasteiger partial charge in [-0.3, -0.25) is 4.79 Å². The van der Waals surface area contributed by atoms with Crippen molar-refractivity contribution >= 4 is 18.0 Å². The van der Waals surface area contributed by atoms with Gasteiger partial charge in [-0.1, -0.05) is 13.0 Å². The van der Waals surface area contributed by atoms with E-state index in [2.05, 4.69) is 5.32 Å². The zero-order valence-electron chi connectivity index (χ0n) is 13.9. The minimum atomic E-state index is -0.584. The standard InChI is InChI=1S/C17H23NO5/c1-5-12(2)18-16(19)11-23-17(20)9-7-13-6-8-14(21-3)15(10-13)22-4/h6-10,12H,5,11H2,1-4H3,(H,18,19)/b9-7+/t12-/m1/s1. The molecule has 6 heteroatoms. The highest BCUT2D eigenvalue weighted by atomic mass is 16.5. The Kier molecular flexibility index (Phi) is 7.66. The fourth-order valence-electron chi connectivity index (χ4n) is 1.72. The lowest BCUT2D eigenvalue weighted by atomic mass is 10.2. The van der Waals surface area contributed by atoms with Crippen LogP contribution in [0.1, 0.15) is 25.8 Å². The summed E-state index contributed by atoms with van der Waals surface area (Å²) < 4.78 is 15.2. The van der Waals surface area contributed by atoms with Crippen LogP contribution in [0, 0.1) is 0 Å². The molecule has 1 rings (SSSR count). The molecule has 126 valence electrons. The molecular weight excluding hydrogens is 298 g/mol. The summed E-state index contributed by atoms with van der Waals surface area (Å²) >= 11 is 0. The van der Waals surface area contributed by atoms with Gasteiger partial charge < -0.3 is 19.5 Å². The van der Waals surface area contributed by atoms with Crippen LogP contribution in [-0.4, -0.2) is 38.7 Å². The van der Waals surface area contributed by atoms with Crippen molar-refractivity contribution in [2.75, 3.05) is 20.8 Å². The van der Waals surface area contributed by atoms with Gasteiger partial charge in [-0.05, 0) is 37.1 Å². The highest BCUT2D eigenvalue weighted by Gasteiger charge is 2.08. The molecule has 0 spiro atoms. The van der Waals surface area contributed by atoms with Gasteiger partial charge in [0.15, 0.2) is 18.1 Å². The molecule has 0 fully saturated rings. The van der Waals surface area contributed by atoms with Crippen LogP contribution in [0.15, 0.2) is 24.3 Å². The van der Waals surface area contributed by atoms with Gasteiger partial charge >= 0.3 is 5.97 Å². The number of ether oxygens (including phenoxy) is 3. The monoisotopic (exact) mass is 321 g/mol. The molecule has 0 saturated heterocycles. The van der Waals surface area contributed by atoms with E-state index in [1.807, 2.05) is 13.8 Å². The first-order valence-electron chi connectivity index (χ1n) is 7.36. The lowest BCUT2D eigenvalue weighted by Crippen LogP contribution is -2.35. The molecule has 1 N–H and O–H groups in total. The highest BCUT2D eigenvalue weighted by molar-refractivity contribution is 5.89. The second-order valence-electron chi connectivity index (χ2n) is 4.93. The van der Waals surface area contributed by atoms with Crippen LogP contribution in [-0.2, 0) is 14.3 Å². The van der Waals surface area contributed by atoms with Gasteiger partial charge in [-0.15, -0.1) is 0 Å². The third kappa shape index (κ3) is 6.42. The Bertz CT molecular complexity index is 568. The summed E-state index contributed by atoms with van der Waals surface area (Å²) in [5.74, 6) is 0.274. The van der Waals surface area contributed by atoms with Crippen molar-refractivity contribution in [3.05, 3.63) is 29.8 Å². The van der Waals surface area contributed by atoms with E-state index in [-0.39, 0.29) is 18.6 Å². The molecule has 0 saturated carbocycles. The number of methoxy groups -OCH3 is 2. The number of carbonyl (C=O) groups is 2. The number of benzene rings is 1. The topological polar surface area (TPSA) is 73.9 Å². The number of esters is 1. The summed E-state index contributed by atoms with van der Waals surface area (Å²) in [7, 11) is 3.09. The Labute approximate surface area is 136 Å². The number of rotatable bonds is 8. The van der Waals surface area contributed by atoms with Crippen molar-refractivity contribution in [1.29, 1.82) is 0 Å². The van der Waals surface area contributed by atoms with Crippen LogP contribution < -0.4 is 14.8 Å². The van der Waals surface area contributed by atoms with Gasteiger partial charge in [0.1, 0.15) is 0 Å². The Morgan fingerprint density at radius 3 is 2.52 bits per heavy atom. The van der Waals surface area contributed by atoms with Gasteiger partial charge in [-0.2, -0.15) is 0 Å². The van der Waals surface area contributed by atoms with E-state index in [9.17, 15) is 9.59 Å². The average molecular weight is 321 g/mol. The predicted molar refractivity (Wildman–Crippen MR) is 87.4 cm³/mol. The first kappa shape index (κ1) is 18.5. The third-order valence-corrected chi connectivity index (χ3v) is 3.18. The normalized spacial score (nSPS) is 11.8. The zero-order chi connectivity index (χ0) is 17.2. The predicted octanol–water partition coefficient (Wildman–Crippen LogP) is 2.17. The van der Waals surface area contributed by atoms with Crippen molar-refractivity contribution in [2.24, 2.45) is 0 Å². The molecule has 1 aromatic rings. The minimum absolute atomic E-state index is 0.0588. The largest absolute Gasteiger partial charge is 0.493 e. The molecule has 0 aromatic heterocycles. The molecule has 0 bridgehead atoms. The van der Waals surface area contributed by atoms with Gasteiger partial charge in [0, 0.05) is 12.1 Å². The van der Waals surface area contributed by atoms with Gasteiger partial charge in [0.2, 0.25) is 0 Å². The maximum Gasteiger partial charge on any atom is 0.331 e. The van der Waals surface area contributed by atoms with Crippen molar-refractivity contribution < 1.29 is 23.8 Å². The number of hydrogen-bond donors (Lipinski definition) is 1. The molecule has 0 aliphatic rings. The molecular formula is C17H23NO5. The Hall–Kier alpha value is -2.50. The molecule has 1 atom stereocenters. The van der Waals surface area contributed by atoms with Crippen molar-refractivity contribution in [3.63, 3.8) is 0 Å². The molecule has 1 aromatic carbocycles. The van der Waals surface area contributed by atoms with Crippen LogP contribution in [0.3, 0.4) is 0 Å². The molecule has 0 unspecified atom stereocenters. The number of amides is 1. The Balaban J connectivity index is 2.54. The van der Waals surface area contributed by atoms with Crippen LogP contribution in [0.2, 0.25) is 0 Å². The van der Waals surface area contributed by atoms with Gasteiger partial charge in [0.05, 0.1) is 14.2 Å². The SMILES string of the molecule is CC[C@@H](C)NC(=O)COC(=O)/C=C/c1ccc(OC)c(OC)c1. The van der Waals surface area contributed by atoms with Crippen molar-refractivity contribution in [2.45, 2.75) is 26.3 Å². The zero-order valence-corrected chi connectivity index (χ0v) is 13.9. The van der Waals surface area contributed by atoms with E-state index in [1.54, 1.807) is 31.4 Å². The fourth-order valence-corrected chi connectivity index (χ4v) is 1.72. The third-order valence-electron chi connectivity index (χ3n) is 3.18. The number of carbonyl (C=O) groups excluding carboxylic acids is 2. The molecule has 0 radical (unpaired) electrons. The van der Waals surface area contributed by atoms with Gasteiger partial charge in [0.25, 0.3) is 5.91 Å². The average Bonchev–Trinajstić information content (AvgIpc) is 2.57. The van der Waals surface area contributed by atoms with E-state index in [1.165, 1.54) is 13.2 Å². The lowest BCUT2D eigenvalue weighted by molar-refractivity contribution is -0.144. The summed E-state index contributed by atoms with van der Waals surface area (Å²) in [5.41, 5.74) is 0.753. The maximum absolute atomic E-state index is 11.6. The summed E-state index contributed by atoms with van der Waals surface area (Å²) in [6, 6.07) is 5.31. The Morgan fingerprint density at radius 2 is 1.91 bits per heavy atom. The first-order valence-corrected chi connectivity index (χ1v) is 7.36. The molecule has 6 nitrogen and oxygen atoms in total. The fraction of sp³-hybridized carbons (Fsp3) is 0.412. The van der Waals surface area contributed by atoms with E-state index in [0.29, 0.717) is 11.5 Å². The molecule has 0 heterocycles. The first-order chi connectivity index (χ1) is 11.0. The summed E-state index contributed by atoms with van der Waals surface area (Å²) in [6.07, 6.45) is 3.66. The number of hydrogen-bond acceptors (Lipinski definition) is 5. The van der Waals surface area contributed by atoms with E-state index >= 15 is 0 Å².